The number of anilines is 3. The van der Waals surface area contributed by atoms with E-state index in [9.17, 15) is 24.6 Å². The third-order valence-corrected chi connectivity index (χ3v) is 8.18. The lowest BCUT2D eigenvalue weighted by Crippen LogP contribution is -2.44. The fraction of sp³-hybridized carbons (Fsp3) is 0.452. The minimum Gasteiger partial charge on any atom is -0.396 e. The lowest BCUT2D eigenvalue weighted by Gasteiger charge is -2.30. The minimum atomic E-state index is -1.81. The summed E-state index contributed by atoms with van der Waals surface area (Å²) in [6, 6.07) is 13.1. The third-order valence-electron chi connectivity index (χ3n) is 8.18. The summed E-state index contributed by atoms with van der Waals surface area (Å²) in [5.74, 6) is -0.792. The molecule has 0 unspecified atom stereocenters. The van der Waals surface area contributed by atoms with Gasteiger partial charge in [-0.1, -0.05) is 31.2 Å². The zero-order valence-electron chi connectivity index (χ0n) is 22.5. The zero-order valence-corrected chi connectivity index (χ0v) is 22.5. The molecule has 206 valence electrons. The predicted molar refractivity (Wildman–Crippen MR) is 150 cm³/mol. The van der Waals surface area contributed by atoms with E-state index in [4.69, 9.17) is 0 Å². The van der Waals surface area contributed by atoms with Gasteiger partial charge >= 0.3 is 0 Å². The average molecular weight is 532 g/mol. The van der Waals surface area contributed by atoms with Gasteiger partial charge in [0.25, 0.3) is 5.91 Å². The van der Waals surface area contributed by atoms with Crippen LogP contribution >= 0.6 is 0 Å². The number of rotatable bonds is 8. The normalized spacial score (nSPS) is 22.6. The number of hydrogen-bond acceptors (Lipinski definition) is 5. The van der Waals surface area contributed by atoms with Crippen molar-refractivity contribution in [3.63, 3.8) is 0 Å². The first-order valence-electron chi connectivity index (χ1n) is 14.0. The summed E-state index contributed by atoms with van der Waals surface area (Å²) in [6.07, 6.45) is 8.72. The summed E-state index contributed by atoms with van der Waals surface area (Å²) < 4.78 is 0. The smallest absolute Gasteiger partial charge is 0.264 e. The second-order valence-corrected chi connectivity index (χ2v) is 10.8. The van der Waals surface area contributed by atoms with Crippen molar-refractivity contribution in [1.29, 1.82) is 0 Å². The Morgan fingerprint density at radius 1 is 0.897 bits per heavy atom. The highest BCUT2D eigenvalue weighted by Crippen LogP contribution is 2.47. The fourth-order valence-electron chi connectivity index (χ4n) is 5.90. The number of aliphatic hydroxyl groups is 2. The first-order valence-corrected chi connectivity index (χ1v) is 14.0. The number of fused-ring (bicyclic) bond motifs is 1. The van der Waals surface area contributed by atoms with Gasteiger partial charge in [-0.25, -0.2) is 0 Å². The molecule has 8 heteroatoms. The molecule has 2 fully saturated rings. The number of hydrogen-bond donors (Lipinski definition) is 2. The molecule has 39 heavy (non-hydrogen) atoms. The Bertz CT molecular complexity index is 1270. The first kappa shape index (κ1) is 27.1. The number of carbonyl (C=O) groups excluding carboxylic acids is 3. The van der Waals surface area contributed by atoms with Gasteiger partial charge in [-0.05, 0) is 68.0 Å². The quantitative estimate of drug-likeness (QED) is 0.501. The molecule has 0 saturated carbocycles. The lowest BCUT2D eigenvalue weighted by atomic mass is 9.82. The molecule has 2 aromatic carbocycles. The van der Waals surface area contributed by atoms with Gasteiger partial charge in [0.1, 0.15) is 0 Å². The Hall–Kier alpha value is -3.49. The maximum atomic E-state index is 13.9. The van der Waals surface area contributed by atoms with Crippen LogP contribution in [0.25, 0.3) is 0 Å². The van der Waals surface area contributed by atoms with E-state index in [0.29, 0.717) is 49.3 Å². The summed E-state index contributed by atoms with van der Waals surface area (Å²) in [5.41, 5.74) is 1.72. The van der Waals surface area contributed by atoms with E-state index >= 15 is 0 Å². The lowest BCUT2D eigenvalue weighted by molar-refractivity contribution is -0.139. The Balaban J connectivity index is 1.47. The maximum absolute atomic E-state index is 13.9. The second-order valence-electron chi connectivity index (χ2n) is 10.8. The minimum absolute atomic E-state index is 0.0153. The number of aliphatic hydroxyl groups excluding tert-OH is 1. The predicted octanol–water partition coefficient (Wildman–Crippen LogP) is 4.03. The van der Waals surface area contributed by atoms with E-state index in [2.05, 4.69) is 0 Å². The number of benzene rings is 2. The Morgan fingerprint density at radius 2 is 1.51 bits per heavy atom. The van der Waals surface area contributed by atoms with Gasteiger partial charge in [0.2, 0.25) is 11.8 Å². The highest BCUT2D eigenvalue weighted by atomic mass is 16.3. The number of amides is 3. The average Bonchev–Trinajstić information content (AvgIpc) is 3.16. The summed E-state index contributed by atoms with van der Waals surface area (Å²) in [7, 11) is 0. The molecule has 3 heterocycles. The first-order chi connectivity index (χ1) is 18.8. The van der Waals surface area contributed by atoms with Crippen LogP contribution in [0.2, 0.25) is 0 Å². The second kappa shape index (κ2) is 11.3. The van der Waals surface area contributed by atoms with Crippen LogP contribution in [0, 0.1) is 5.92 Å². The highest BCUT2D eigenvalue weighted by molar-refractivity contribution is 6.08. The molecule has 5 rings (SSSR count). The van der Waals surface area contributed by atoms with Gasteiger partial charge in [-0.15, -0.1) is 0 Å². The SMILES string of the molecule is C[C@@H](/C=C/CCO)[C@]1(O)C(=O)N(Cc2ccc(N3CCCCC3=O)cc2)c2ccc(N3CCCCC3=O)cc21. The molecule has 2 N–H and O–H groups in total. The van der Waals surface area contributed by atoms with Crippen molar-refractivity contribution in [2.24, 2.45) is 5.92 Å². The Kier molecular flexibility index (Phi) is 7.86. The van der Waals surface area contributed by atoms with Crippen LogP contribution in [0.3, 0.4) is 0 Å². The molecule has 0 spiro atoms. The van der Waals surface area contributed by atoms with Gasteiger partial charge in [-0.2, -0.15) is 0 Å². The van der Waals surface area contributed by atoms with Crippen LogP contribution in [0.15, 0.2) is 54.6 Å². The molecule has 0 aromatic heterocycles. The van der Waals surface area contributed by atoms with Crippen LogP contribution in [0.5, 0.6) is 0 Å². The van der Waals surface area contributed by atoms with Gasteiger partial charge in [0.15, 0.2) is 5.60 Å². The van der Waals surface area contributed by atoms with E-state index in [0.717, 1.165) is 36.9 Å². The molecule has 0 aliphatic carbocycles. The number of nitrogens with zero attached hydrogens (tertiary/aromatic N) is 3. The molecule has 3 amide bonds. The van der Waals surface area contributed by atoms with Crippen LogP contribution in [-0.4, -0.2) is 47.6 Å². The summed E-state index contributed by atoms with van der Waals surface area (Å²) in [5, 5.41) is 21.2. The van der Waals surface area contributed by atoms with E-state index in [1.165, 1.54) is 0 Å². The molecule has 2 atom stereocenters. The van der Waals surface area contributed by atoms with Crippen molar-refractivity contribution in [2.45, 2.75) is 64.0 Å². The monoisotopic (exact) mass is 531 g/mol. The summed E-state index contributed by atoms with van der Waals surface area (Å²) in [6.45, 7) is 3.37. The molecular weight excluding hydrogens is 494 g/mol. The van der Waals surface area contributed by atoms with E-state index in [1.54, 1.807) is 34.9 Å². The molecule has 8 nitrogen and oxygen atoms in total. The standard InChI is InChI=1S/C31H37N3O5/c1-22(8-4-7-19-35)31(39)26-20-25(33-18-6-3-10-29(33)37)15-16-27(26)34(30(31)38)21-23-11-13-24(14-12-23)32-17-5-2-9-28(32)36/h4,8,11-16,20,22,35,39H,2-3,5-7,9-10,17-19,21H2,1H3/b8-4+/t22-,31+/m0/s1. The van der Waals surface area contributed by atoms with E-state index in [-0.39, 0.29) is 25.0 Å². The van der Waals surface area contributed by atoms with E-state index in [1.807, 2.05) is 41.3 Å². The number of carbonyl (C=O) groups is 3. The molecule has 2 saturated heterocycles. The van der Waals surface area contributed by atoms with Crippen LogP contribution < -0.4 is 14.7 Å². The van der Waals surface area contributed by atoms with Gasteiger partial charge < -0.3 is 24.9 Å². The van der Waals surface area contributed by atoms with Crippen LogP contribution in [0.4, 0.5) is 17.1 Å². The van der Waals surface area contributed by atoms with Crippen LogP contribution in [-0.2, 0) is 26.5 Å². The van der Waals surface area contributed by atoms with Crippen LogP contribution in [0.1, 0.15) is 63.0 Å². The number of piperidine rings is 2. The summed E-state index contributed by atoms with van der Waals surface area (Å²) in [4.78, 5) is 44.0. The third kappa shape index (κ3) is 5.11. The Labute approximate surface area is 229 Å². The molecular formula is C31H37N3O5. The molecule has 2 aromatic rings. The molecule has 0 radical (unpaired) electrons. The maximum Gasteiger partial charge on any atom is 0.264 e. The van der Waals surface area contributed by atoms with Gasteiger partial charge in [0.05, 0.1) is 12.2 Å². The fourth-order valence-corrected chi connectivity index (χ4v) is 5.90. The topological polar surface area (TPSA) is 101 Å². The van der Waals surface area contributed by atoms with Gasteiger partial charge in [-0.3, -0.25) is 14.4 Å². The van der Waals surface area contributed by atoms with Crippen molar-refractivity contribution in [1.82, 2.24) is 0 Å². The molecule has 3 aliphatic rings. The van der Waals surface area contributed by atoms with Gasteiger partial charge in [0, 0.05) is 55.4 Å². The van der Waals surface area contributed by atoms with E-state index < -0.39 is 17.4 Å². The molecule has 0 bridgehead atoms. The van der Waals surface area contributed by atoms with Crippen molar-refractivity contribution in [3.05, 3.63) is 65.7 Å². The van der Waals surface area contributed by atoms with Crippen molar-refractivity contribution in [3.8, 4) is 0 Å². The van der Waals surface area contributed by atoms with Crippen molar-refractivity contribution < 1.29 is 24.6 Å². The van der Waals surface area contributed by atoms with Crippen molar-refractivity contribution >= 4 is 34.8 Å². The highest BCUT2D eigenvalue weighted by Gasteiger charge is 2.52. The largest absolute Gasteiger partial charge is 0.396 e. The Morgan fingerprint density at radius 3 is 2.13 bits per heavy atom. The summed E-state index contributed by atoms with van der Waals surface area (Å²) >= 11 is 0. The van der Waals surface area contributed by atoms with Crippen molar-refractivity contribution in [2.75, 3.05) is 34.4 Å². The zero-order chi connectivity index (χ0) is 27.6. The molecule has 3 aliphatic heterocycles.